The van der Waals surface area contributed by atoms with Gasteiger partial charge in [-0.1, -0.05) is 13.0 Å². The smallest absolute Gasteiger partial charge is 0.224 e. The van der Waals surface area contributed by atoms with Crippen molar-refractivity contribution in [3.05, 3.63) is 24.3 Å². The van der Waals surface area contributed by atoms with Crippen molar-refractivity contribution in [2.24, 2.45) is 0 Å². The van der Waals surface area contributed by atoms with Crippen LogP contribution in [0.3, 0.4) is 0 Å². The van der Waals surface area contributed by atoms with Gasteiger partial charge in [-0.3, -0.25) is 4.79 Å². The Morgan fingerprint density at radius 2 is 2.25 bits per heavy atom. The van der Waals surface area contributed by atoms with Crippen molar-refractivity contribution in [1.29, 1.82) is 0 Å². The number of aliphatic hydroxyl groups is 1. The van der Waals surface area contributed by atoms with Gasteiger partial charge in [-0.25, -0.2) is 0 Å². The lowest BCUT2D eigenvalue weighted by molar-refractivity contribution is -0.115. The van der Waals surface area contributed by atoms with Gasteiger partial charge >= 0.3 is 0 Å². The minimum Gasteiger partial charge on any atom is -0.395 e. The predicted octanol–water partition coefficient (Wildman–Crippen LogP) is 1.46. The molecule has 1 rings (SSSR count). The van der Waals surface area contributed by atoms with Crippen LogP contribution in [0.15, 0.2) is 24.3 Å². The van der Waals surface area contributed by atoms with E-state index in [-0.39, 0.29) is 12.5 Å². The number of rotatable bonds is 5. The summed E-state index contributed by atoms with van der Waals surface area (Å²) in [6, 6.07) is 7.57. The van der Waals surface area contributed by atoms with Crippen molar-refractivity contribution in [1.82, 2.24) is 0 Å². The Kier molecular flexibility index (Phi) is 4.79. The average molecular weight is 222 g/mol. The van der Waals surface area contributed by atoms with Crippen molar-refractivity contribution in [3.63, 3.8) is 0 Å². The fraction of sp³-hybridized carbons (Fsp3) is 0.417. The number of benzene rings is 1. The first-order valence-electron chi connectivity index (χ1n) is 5.39. The molecular weight excluding hydrogens is 204 g/mol. The molecule has 4 heteroatoms. The van der Waals surface area contributed by atoms with E-state index in [4.69, 9.17) is 5.11 Å². The van der Waals surface area contributed by atoms with E-state index in [1.54, 1.807) is 0 Å². The standard InChI is InChI=1S/C12H18N2O2/c1-3-12(16)13-10-5-4-6-11(9-10)14(2)7-8-15/h4-6,9,15H,3,7-8H2,1-2H3,(H,13,16). The van der Waals surface area contributed by atoms with Crippen molar-refractivity contribution in [3.8, 4) is 0 Å². The highest BCUT2D eigenvalue weighted by Crippen LogP contribution is 2.18. The predicted molar refractivity (Wildman–Crippen MR) is 65.7 cm³/mol. The van der Waals surface area contributed by atoms with Crippen molar-refractivity contribution in [2.75, 3.05) is 30.4 Å². The van der Waals surface area contributed by atoms with Gasteiger partial charge in [0.25, 0.3) is 0 Å². The maximum absolute atomic E-state index is 11.2. The van der Waals surface area contributed by atoms with Crippen LogP contribution >= 0.6 is 0 Å². The van der Waals surface area contributed by atoms with Gasteiger partial charge in [0.15, 0.2) is 0 Å². The molecule has 0 spiro atoms. The lowest BCUT2D eigenvalue weighted by Gasteiger charge is -2.18. The summed E-state index contributed by atoms with van der Waals surface area (Å²) in [5.41, 5.74) is 1.76. The summed E-state index contributed by atoms with van der Waals surface area (Å²) in [7, 11) is 1.90. The molecule has 0 aliphatic rings. The van der Waals surface area contributed by atoms with Gasteiger partial charge in [-0.15, -0.1) is 0 Å². The van der Waals surface area contributed by atoms with Crippen LogP contribution in [0.4, 0.5) is 11.4 Å². The Labute approximate surface area is 95.9 Å². The number of amides is 1. The van der Waals surface area contributed by atoms with Crippen LogP contribution in [0.25, 0.3) is 0 Å². The summed E-state index contributed by atoms with van der Waals surface area (Å²) in [4.78, 5) is 13.2. The molecule has 0 bridgehead atoms. The molecule has 0 atom stereocenters. The van der Waals surface area contributed by atoms with Crippen LogP contribution in [-0.2, 0) is 4.79 Å². The average Bonchev–Trinajstić information content (AvgIpc) is 2.29. The number of aliphatic hydroxyl groups excluding tert-OH is 1. The first-order valence-corrected chi connectivity index (χ1v) is 5.39. The molecule has 0 saturated heterocycles. The molecule has 16 heavy (non-hydrogen) atoms. The third-order valence-electron chi connectivity index (χ3n) is 2.33. The lowest BCUT2D eigenvalue weighted by atomic mass is 10.2. The summed E-state index contributed by atoms with van der Waals surface area (Å²) in [6.45, 7) is 2.50. The highest BCUT2D eigenvalue weighted by molar-refractivity contribution is 5.90. The number of nitrogens with zero attached hydrogens (tertiary/aromatic N) is 1. The largest absolute Gasteiger partial charge is 0.395 e. The fourth-order valence-corrected chi connectivity index (χ4v) is 1.35. The first kappa shape index (κ1) is 12.5. The third kappa shape index (κ3) is 3.55. The SMILES string of the molecule is CCC(=O)Nc1cccc(N(C)CCO)c1. The highest BCUT2D eigenvalue weighted by Gasteiger charge is 2.03. The number of carbonyl (C=O) groups is 1. The molecule has 0 aliphatic heterocycles. The number of likely N-dealkylation sites (N-methyl/N-ethyl adjacent to an activating group) is 1. The number of nitrogens with one attached hydrogen (secondary N) is 1. The Morgan fingerprint density at radius 3 is 2.88 bits per heavy atom. The second kappa shape index (κ2) is 6.12. The zero-order valence-electron chi connectivity index (χ0n) is 9.73. The second-order valence-corrected chi connectivity index (χ2v) is 3.60. The summed E-state index contributed by atoms with van der Waals surface area (Å²) < 4.78 is 0. The highest BCUT2D eigenvalue weighted by atomic mass is 16.3. The zero-order valence-corrected chi connectivity index (χ0v) is 9.73. The van der Waals surface area contributed by atoms with Crippen LogP contribution in [0.5, 0.6) is 0 Å². The van der Waals surface area contributed by atoms with Crippen LogP contribution in [-0.4, -0.2) is 31.2 Å². The van der Waals surface area contributed by atoms with Gasteiger partial charge < -0.3 is 15.3 Å². The monoisotopic (exact) mass is 222 g/mol. The van der Waals surface area contributed by atoms with E-state index in [1.807, 2.05) is 43.1 Å². The van der Waals surface area contributed by atoms with E-state index < -0.39 is 0 Å². The van der Waals surface area contributed by atoms with Gasteiger partial charge in [0.2, 0.25) is 5.91 Å². The molecule has 4 nitrogen and oxygen atoms in total. The molecule has 1 aromatic rings. The van der Waals surface area contributed by atoms with Crippen LogP contribution < -0.4 is 10.2 Å². The normalized spacial score (nSPS) is 9.94. The van der Waals surface area contributed by atoms with E-state index in [0.717, 1.165) is 11.4 Å². The Hall–Kier alpha value is -1.55. The van der Waals surface area contributed by atoms with Crippen LogP contribution in [0.2, 0.25) is 0 Å². The number of hydrogen-bond donors (Lipinski definition) is 2. The van der Waals surface area contributed by atoms with E-state index in [9.17, 15) is 4.79 Å². The maximum atomic E-state index is 11.2. The molecular formula is C12H18N2O2. The quantitative estimate of drug-likeness (QED) is 0.793. The minimum atomic E-state index is 0.00182. The maximum Gasteiger partial charge on any atom is 0.224 e. The molecule has 1 aromatic carbocycles. The van der Waals surface area contributed by atoms with Crippen LogP contribution in [0, 0.1) is 0 Å². The molecule has 0 heterocycles. The fourth-order valence-electron chi connectivity index (χ4n) is 1.35. The molecule has 0 saturated carbocycles. The van der Waals surface area contributed by atoms with Crippen molar-refractivity contribution >= 4 is 17.3 Å². The molecule has 0 aromatic heterocycles. The second-order valence-electron chi connectivity index (χ2n) is 3.60. The number of hydrogen-bond acceptors (Lipinski definition) is 3. The Balaban J connectivity index is 2.74. The summed E-state index contributed by atoms with van der Waals surface area (Å²) in [5, 5.41) is 11.6. The van der Waals surface area contributed by atoms with E-state index in [0.29, 0.717) is 13.0 Å². The molecule has 88 valence electrons. The molecule has 1 amide bonds. The zero-order chi connectivity index (χ0) is 12.0. The Morgan fingerprint density at radius 1 is 1.50 bits per heavy atom. The van der Waals surface area contributed by atoms with Crippen molar-refractivity contribution < 1.29 is 9.90 Å². The van der Waals surface area contributed by atoms with Gasteiger partial charge in [0.1, 0.15) is 0 Å². The molecule has 0 radical (unpaired) electrons. The third-order valence-corrected chi connectivity index (χ3v) is 2.33. The molecule has 2 N–H and O–H groups in total. The summed E-state index contributed by atoms with van der Waals surface area (Å²) in [5.74, 6) is 0.00182. The number of anilines is 2. The summed E-state index contributed by atoms with van der Waals surface area (Å²) in [6.07, 6.45) is 0.469. The molecule has 0 unspecified atom stereocenters. The number of carbonyl (C=O) groups excluding carboxylic acids is 1. The van der Waals surface area contributed by atoms with E-state index in [1.165, 1.54) is 0 Å². The van der Waals surface area contributed by atoms with Crippen molar-refractivity contribution in [2.45, 2.75) is 13.3 Å². The minimum absolute atomic E-state index is 0.00182. The molecule has 0 aliphatic carbocycles. The van der Waals surface area contributed by atoms with E-state index in [2.05, 4.69) is 5.32 Å². The van der Waals surface area contributed by atoms with Crippen LogP contribution in [0.1, 0.15) is 13.3 Å². The Bertz CT molecular complexity index is 353. The van der Waals surface area contributed by atoms with Gasteiger partial charge in [0, 0.05) is 31.4 Å². The first-order chi connectivity index (χ1) is 7.67. The lowest BCUT2D eigenvalue weighted by Crippen LogP contribution is -2.21. The molecule has 0 fully saturated rings. The van der Waals surface area contributed by atoms with Gasteiger partial charge in [-0.05, 0) is 18.2 Å². The van der Waals surface area contributed by atoms with E-state index >= 15 is 0 Å². The topological polar surface area (TPSA) is 52.6 Å². The summed E-state index contributed by atoms with van der Waals surface area (Å²) >= 11 is 0. The van der Waals surface area contributed by atoms with Gasteiger partial charge in [-0.2, -0.15) is 0 Å². The van der Waals surface area contributed by atoms with Gasteiger partial charge in [0.05, 0.1) is 6.61 Å².